The Labute approximate surface area is 127 Å². The highest BCUT2D eigenvalue weighted by molar-refractivity contribution is 7.18. The number of ether oxygens (including phenoxy) is 1. The highest BCUT2D eigenvalue weighted by atomic mass is 32.1. The van der Waals surface area contributed by atoms with Gasteiger partial charge in [-0.2, -0.15) is 0 Å². The molecular weight excluding hydrogens is 282 g/mol. The number of fused-ring (bicyclic) bond motifs is 1. The molecule has 3 rings (SSSR count). The van der Waals surface area contributed by atoms with Gasteiger partial charge in [-0.25, -0.2) is 9.97 Å². The fourth-order valence-corrected chi connectivity index (χ4v) is 3.25. The third-order valence-corrected chi connectivity index (χ3v) is 4.55. The summed E-state index contributed by atoms with van der Waals surface area (Å²) in [5.41, 5.74) is 0.907. The second-order valence-electron chi connectivity index (χ2n) is 4.63. The number of nitrogens with one attached hydrogen (secondary N) is 1. The first-order chi connectivity index (χ1) is 10.3. The summed E-state index contributed by atoms with van der Waals surface area (Å²) in [4.78, 5) is 11.7. The van der Waals surface area contributed by atoms with Crippen molar-refractivity contribution in [2.24, 2.45) is 0 Å². The summed E-state index contributed by atoms with van der Waals surface area (Å²) in [5.74, 6) is 2.33. The highest BCUT2D eigenvalue weighted by Crippen LogP contribution is 2.34. The Morgan fingerprint density at radius 3 is 2.76 bits per heavy atom. The van der Waals surface area contributed by atoms with Crippen LogP contribution >= 0.6 is 11.3 Å². The van der Waals surface area contributed by atoms with Crippen molar-refractivity contribution in [2.45, 2.75) is 13.3 Å². The lowest BCUT2D eigenvalue weighted by Crippen LogP contribution is -1.98. The van der Waals surface area contributed by atoms with E-state index in [1.807, 2.05) is 31.3 Å². The number of thiophene rings is 1. The molecule has 1 N–H and O–H groups in total. The predicted octanol–water partition coefficient (Wildman–Crippen LogP) is 3.97. The van der Waals surface area contributed by atoms with E-state index < -0.39 is 0 Å². The number of benzene rings is 1. The van der Waals surface area contributed by atoms with E-state index >= 15 is 0 Å². The molecule has 2 aromatic heterocycles. The molecular formula is C16H17N3OS. The van der Waals surface area contributed by atoms with Gasteiger partial charge in [-0.05, 0) is 24.6 Å². The number of aromatic nitrogens is 2. The van der Waals surface area contributed by atoms with Crippen molar-refractivity contribution >= 4 is 27.4 Å². The van der Waals surface area contributed by atoms with Crippen LogP contribution in [-0.2, 0) is 6.42 Å². The monoisotopic (exact) mass is 299 g/mol. The summed E-state index contributed by atoms with van der Waals surface area (Å²) in [7, 11) is 3.55. The summed E-state index contributed by atoms with van der Waals surface area (Å²) >= 11 is 1.72. The molecule has 0 spiro atoms. The average molecular weight is 299 g/mol. The van der Waals surface area contributed by atoms with E-state index in [1.54, 1.807) is 18.4 Å². The van der Waals surface area contributed by atoms with Crippen LogP contribution < -0.4 is 10.1 Å². The number of para-hydroxylation sites is 1. The molecule has 3 aromatic rings. The van der Waals surface area contributed by atoms with Gasteiger partial charge in [0.15, 0.2) is 5.82 Å². The molecule has 21 heavy (non-hydrogen) atoms. The van der Waals surface area contributed by atoms with Gasteiger partial charge in [-0.15, -0.1) is 11.3 Å². The summed E-state index contributed by atoms with van der Waals surface area (Å²) in [6, 6.07) is 9.98. The van der Waals surface area contributed by atoms with E-state index in [4.69, 9.17) is 9.72 Å². The van der Waals surface area contributed by atoms with Crippen molar-refractivity contribution in [3.05, 3.63) is 35.2 Å². The first-order valence-corrected chi connectivity index (χ1v) is 7.70. The summed E-state index contributed by atoms with van der Waals surface area (Å²) < 4.78 is 5.41. The first kappa shape index (κ1) is 13.8. The molecule has 0 aliphatic carbocycles. The number of nitrogens with zero attached hydrogens (tertiary/aromatic N) is 2. The minimum absolute atomic E-state index is 0.689. The van der Waals surface area contributed by atoms with Gasteiger partial charge in [0.2, 0.25) is 0 Å². The molecule has 0 saturated carbocycles. The number of hydrogen-bond acceptors (Lipinski definition) is 5. The van der Waals surface area contributed by atoms with E-state index in [9.17, 15) is 0 Å². The molecule has 108 valence electrons. The molecule has 1 aromatic carbocycles. The highest BCUT2D eigenvalue weighted by Gasteiger charge is 2.14. The molecule has 5 heteroatoms. The first-order valence-electron chi connectivity index (χ1n) is 6.88. The predicted molar refractivity (Wildman–Crippen MR) is 88.3 cm³/mol. The largest absolute Gasteiger partial charge is 0.496 e. The van der Waals surface area contributed by atoms with Crippen molar-refractivity contribution in [1.29, 1.82) is 0 Å². The Morgan fingerprint density at radius 1 is 1.24 bits per heavy atom. The molecule has 0 bridgehead atoms. The van der Waals surface area contributed by atoms with Crippen LogP contribution in [0.15, 0.2) is 30.3 Å². The Kier molecular flexibility index (Phi) is 3.75. The zero-order valence-electron chi connectivity index (χ0n) is 12.3. The maximum Gasteiger partial charge on any atom is 0.166 e. The van der Waals surface area contributed by atoms with Gasteiger partial charge in [0.25, 0.3) is 0 Å². The van der Waals surface area contributed by atoms with Crippen molar-refractivity contribution < 1.29 is 4.74 Å². The van der Waals surface area contributed by atoms with Crippen LogP contribution in [0.5, 0.6) is 5.75 Å². The Balaban J connectivity index is 2.23. The van der Waals surface area contributed by atoms with Gasteiger partial charge in [0, 0.05) is 11.9 Å². The standard InChI is InChI=1S/C16H17N3OS/c1-4-10-9-12-14(17-2)18-15(19-16(12)21-10)11-7-5-6-8-13(11)20-3/h5-9H,4H2,1-3H3,(H,17,18,19). The van der Waals surface area contributed by atoms with Gasteiger partial charge in [-0.1, -0.05) is 19.1 Å². The zero-order chi connectivity index (χ0) is 14.8. The minimum atomic E-state index is 0.689. The van der Waals surface area contributed by atoms with Crippen LogP contribution in [0.1, 0.15) is 11.8 Å². The molecule has 0 radical (unpaired) electrons. The number of aryl methyl sites for hydroxylation is 1. The van der Waals surface area contributed by atoms with Crippen LogP contribution in [0.4, 0.5) is 5.82 Å². The Hall–Kier alpha value is -2.14. The quantitative estimate of drug-likeness (QED) is 0.792. The van der Waals surface area contributed by atoms with Crippen molar-refractivity contribution in [3.8, 4) is 17.1 Å². The normalized spacial score (nSPS) is 10.8. The number of rotatable bonds is 4. The number of hydrogen-bond donors (Lipinski definition) is 1. The van der Waals surface area contributed by atoms with E-state index in [-0.39, 0.29) is 0 Å². The average Bonchev–Trinajstić information content (AvgIpc) is 2.97. The summed E-state index contributed by atoms with van der Waals surface area (Å²) in [6.45, 7) is 2.15. The van der Waals surface area contributed by atoms with Crippen LogP contribution in [0, 0.1) is 0 Å². The topological polar surface area (TPSA) is 47.0 Å². The number of methoxy groups -OCH3 is 1. The van der Waals surface area contributed by atoms with Crippen molar-refractivity contribution in [2.75, 3.05) is 19.5 Å². The molecule has 0 saturated heterocycles. The van der Waals surface area contributed by atoms with Crippen LogP contribution in [-0.4, -0.2) is 24.1 Å². The van der Waals surface area contributed by atoms with E-state index in [1.165, 1.54) is 4.88 Å². The van der Waals surface area contributed by atoms with Gasteiger partial charge in [0.05, 0.1) is 18.1 Å². The third kappa shape index (κ3) is 2.45. The lowest BCUT2D eigenvalue weighted by Gasteiger charge is -2.09. The molecule has 2 heterocycles. The molecule has 0 aliphatic heterocycles. The second-order valence-corrected chi connectivity index (χ2v) is 5.75. The van der Waals surface area contributed by atoms with E-state index in [0.29, 0.717) is 5.82 Å². The maximum absolute atomic E-state index is 5.41. The number of anilines is 1. The van der Waals surface area contributed by atoms with Gasteiger partial charge in [-0.3, -0.25) is 0 Å². The third-order valence-electron chi connectivity index (χ3n) is 3.38. The fraction of sp³-hybridized carbons (Fsp3) is 0.250. The van der Waals surface area contributed by atoms with Crippen molar-refractivity contribution in [3.63, 3.8) is 0 Å². The second kappa shape index (κ2) is 5.69. The molecule has 0 amide bonds. The lowest BCUT2D eigenvalue weighted by molar-refractivity contribution is 0.416. The fourth-order valence-electron chi connectivity index (χ4n) is 2.29. The lowest BCUT2D eigenvalue weighted by atomic mass is 10.2. The zero-order valence-corrected chi connectivity index (χ0v) is 13.1. The molecule has 0 atom stereocenters. The SMILES string of the molecule is CCc1cc2c(NC)nc(-c3ccccc3OC)nc2s1. The van der Waals surface area contributed by atoms with E-state index in [2.05, 4.69) is 23.3 Å². The maximum atomic E-state index is 5.41. The summed E-state index contributed by atoms with van der Waals surface area (Å²) in [5, 5.41) is 4.25. The Bertz CT molecular complexity index is 782. The van der Waals surface area contributed by atoms with Gasteiger partial charge in [0.1, 0.15) is 16.4 Å². The molecule has 0 fully saturated rings. The minimum Gasteiger partial charge on any atom is -0.496 e. The molecule has 0 unspecified atom stereocenters. The van der Waals surface area contributed by atoms with Crippen LogP contribution in [0.25, 0.3) is 21.6 Å². The van der Waals surface area contributed by atoms with E-state index in [0.717, 1.165) is 33.8 Å². The summed E-state index contributed by atoms with van der Waals surface area (Å²) in [6.07, 6.45) is 1.01. The van der Waals surface area contributed by atoms with Crippen molar-refractivity contribution in [1.82, 2.24) is 9.97 Å². The Morgan fingerprint density at radius 2 is 2.05 bits per heavy atom. The van der Waals surface area contributed by atoms with Gasteiger partial charge >= 0.3 is 0 Å². The van der Waals surface area contributed by atoms with Gasteiger partial charge < -0.3 is 10.1 Å². The van der Waals surface area contributed by atoms with Crippen LogP contribution in [0.2, 0.25) is 0 Å². The smallest absolute Gasteiger partial charge is 0.166 e. The molecule has 4 nitrogen and oxygen atoms in total. The van der Waals surface area contributed by atoms with Crippen LogP contribution in [0.3, 0.4) is 0 Å². The molecule has 0 aliphatic rings.